The lowest BCUT2D eigenvalue weighted by Gasteiger charge is -2.34. The SMILES string of the molecule is N#Cc1cnc(N2CCN(Cc3ccc4c(c3)OCC4)CC2)nc1. The molecule has 2 aliphatic heterocycles. The predicted octanol–water partition coefficient (Wildman–Crippen LogP) is 1.61. The maximum atomic E-state index is 8.81. The van der Waals surface area contributed by atoms with Crippen molar-refractivity contribution in [3.8, 4) is 11.8 Å². The zero-order valence-corrected chi connectivity index (χ0v) is 13.5. The van der Waals surface area contributed by atoms with Gasteiger partial charge < -0.3 is 9.64 Å². The average Bonchev–Trinajstić information content (AvgIpc) is 3.10. The highest BCUT2D eigenvalue weighted by atomic mass is 16.5. The van der Waals surface area contributed by atoms with E-state index < -0.39 is 0 Å². The van der Waals surface area contributed by atoms with Gasteiger partial charge in [0.1, 0.15) is 11.8 Å². The van der Waals surface area contributed by atoms with Crippen LogP contribution in [0.3, 0.4) is 0 Å². The summed E-state index contributed by atoms with van der Waals surface area (Å²) in [6.07, 6.45) is 4.19. The topological polar surface area (TPSA) is 65.3 Å². The van der Waals surface area contributed by atoms with Gasteiger partial charge >= 0.3 is 0 Å². The van der Waals surface area contributed by atoms with Gasteiger partial charge in [-0.25, -0.2) is 9.97 Å². The number of nitrogens with zero attached hydrogens (tertiary/aromatic N) is 5. The molecule has 3 heterocycles. The summed E-state index contributed by atoms with van der Waals surface area (Å²) in [4.78, 5) is 13.2. The van der Waals surface area contributed by atoms with Crippen LogP contribution in [0.15, 0.2) is 30.6 Å². The second kappa shape index (κ2) is 6.46. The number of fused-ring (bicyclic) bond motifs is 1. The third-order valence-electron chi connectivity index (χ3n) is 4.59. The number of anilines is 1. The molecule has 0 spiro atoms. The Bertz CT molecular complexity index is 760. The molecule has 1 aromatic carbocycles. The van der Waals surface area contributed by atoms with Crippen molar-refractivity contribution in [3.05, 3.63) is 47.3 Å². The van der Waals surface area contributed by atoms with Crippen LogP contribution in [0.1, 0.15) is 16.7 Å². The molecule has 1 fully saturated rings. The molecular formula is C18H19N5O. The van der Waals surface area contributed by atoms with Crippen molar-refractivity contribution in [3.63, 3.8) is 0 Å². The van der Waals surface area contributed by atoms with Gasteiger partial charge in [-0.05, 0) is 17.2 Å². The molecule has 0 bridgehead atoms. The first kappa shape index (κ1) is 14.9. The van der Waals surface area contributed by atoms with Gasteiger partial charge in [-0.1, -0.05) is 12.1 Å². The minimum atomic E-state index is 0.496. The zero-order chi connectivity index (χ0) is 16.4. The van der Waals surface area contributed by atoms with Crippen molar-refractivity contribution in [2.45, 2.75) is 13.0 Å². The highest BCUT2D eigenvalue weighted by Crippen LogP contribution is 2.26. The van der Waals surface area contributed by atoms with E-state index in [4.69, 9.17) is 10.00 Å². The highest BCUT2D eigenvalue weighted by Gasteiger charge is 2.20. The van der Waals surface area contributed by atoms with E-state index in [-0.39, 0.29) is 0 Å². The number of hydrogen-bond donors (Lipinski definition) is 0. The number of hydrogen-bond acceptors (Lipinski definition) is 6. The first-order valence-electron chi connectivity index (χ1n) is 8.26. The van der Waals surface area contributed by atoms with E-state index in [0.717, 1.165) is 51.5 Å². The molecule has 0 atom stereocenters. The Balaban J connectivity index is 1.35. The molecule has 0 amide bonds. The molecule has 2 aromatic rings. The van der Waals surface area contributed by atoms with Crippen LogP contribution in [-0.4, -0.2) is 47.7 Å². The largest absolute Gasteiger partial charge is 0.493 e. The van der Waals surface area contributed by atoms with Crippen LogP contribution in [-0.2, 0) is 13.0 Å². The van der Waals surface area contributed by atoms with Crippen LogP contribution in [0, 0.1) is 11.3 Å². The summed E-state index contributed by atoms with van der Waals surface area (Å²) in [6.45, 7) is 5.49. The fourth-order valence-corrected chi connectivity index (χ4v) is 3.22. The van der Waals surface area contributed by atoms with Gasteiger partial charge in [-0.2, -0.15) is 5.26 Å². The average molecular weight is 321 g/mol. The minimum Gasteiger partial charge on any atom is -0.493 e. The molecule has 0 N–H and O–H groups in total. The van der Waals surface area contributed by atoms with E-state index in [1.165, 1.54) is 11.1 Å². The quantitative estimate of drug-likeness (QED) is 0.856. The maximum absolute atomic E-state index is 8.81. The lowest BCUT2D eigenvalue weighted by molar-refractivity contribution is 0.248. The van der Waals surface area contributed by atoms with Crippen molar-refractivity contribution < 1.29 is 4.74 Å². The predicted molar refractivity (Wildman–Crippen MR) is 89.9 cm³/mol. The Morgan fingerprint density at radius 3 is 2.67 bits per heavy atom. The summed E-state index contributed by atoms with van der Waals surface area (Å²) in [6, 6.07) is 8.63. The van der Waals surface area contributed by atoms with Gasteiger partial charge in [0.2, 0.25) is 5.95 Å². The maximum Gasteiger partial charge on any atom is 0.225 e. The van der Waals surface area contributed by atoms with Crippen LogP contribution in [0.2, 0.25) is 0 Å². The van der Waals surface area contributed by atoms with E-state index in [1.807, 2.05) is 6.07 Å². The molecule has 6 heteroatoms. The van der Waals surface area contributed by atoms with Crippen molar-refractivity contribution in [1.82, 2.24) is 14.9 Å². The Kier molecular flexibility index (Phi) is 4.01. The summed E-state index contributed by atoms with van der Waals surface area (Å²) >= 11 is 0. The van der Waals surface area contributed by atoms with Gasteiger partial charge in [-0.15, -0.1) is 0 Å². The fourth-order valence-electron chi connectivity index (χ4n) is 3.22. The normalized spacial score (nSPS) is 17.2. The van der Waals surface area contributed by atoms with Crippen LogP contribution in [0.4, 0.5) is 5.95 Å². The van der Waals surface area contributed by atoms with Crippen LogP contribution in [0.5, 0.6) is 5.75 Å². The van der Waals surface area contributed by atoms with E-state index in [9.17, 15) is 0 Å². The third-order valence-corrected chi connectivity index (χ3v) is 4.59. The Labute approximate surface area is 141 Å². The summed E-state index contributed by atoms with van der Waals surface area (Å²) in [5.41, 5.74) is 3.12. The summed E-state index contributed by atoms with van der Waals surface area (Å²) in [5.74, 6) is 1.76. The third kappa shape index (κ3) is 3.03. The molecule has 24 heavy (non-hydrogen) atoms. The van der Waals surface area contributed by atoms with Crippen LogP contribution >= 0.6 is 0 Å². The Hall–Kier alpha value is -2.65. The minimum absolute atomic E-state index is 0.496. The molecule has 4 rings (SSSR count). The smallest absolute Gasteiger partial charge is 0.225 e. The molecule has 2 aliphatic rings. The second-order valence-electron chi connectivity index (χ2n) is 6.19. The lowest BCUT2D eigenvalue weighted by Crippen LogP contribution is -2.46. The van der Waals surface area contributed by atoms with Gasteiger partial charge in [0.25, 0.3) is 0 Å². The molecule has 0 radical (unpaired) electrons. The van der Waals surface area contributed by atoms with E-state index in [0.29, 0.717) is 11.5 Å². The highest BCUT2D eigenvalue weighted by molar-refractivity contribution is 5.40. The van der Waals surface area contributed by atoms with Crippen LogP contribution < -0.4 is 9.64 Å². The summed E-state index contributed by atoms with van der Waals surface area (Å²) in [7, 11) is 0. The van der Waals surface area contributed by atoms with Crippen molar-refractivity contribution in [1.29, 1.82) is 5.26 Å². The van der Waals surface area contributed by atoms with Gasteiger partial charge in [0, 0.05) is 39.1 Å². The number of rotatable bonds is 3. The first-order valence-corrected chi connectivity index (χ1v) is 8.26. The zero-order valence-electron chi connectivity index (χ0n) is 13.5. The van der Waals surface area contributed by atoms with E-state index in [1.54, 1.807) is 12.4 Å². The summed E-state index contributed by atoms with van der Waals surface area (Å²) in [5, 5.41) is 8.81. The monoisotopic (exact) mass is 321 g/mol. The van der Waals surface area contributed by atoms with Crippen molar-refractivity contribution >= 4 is 5.95 Å². The lowest BCUT2D eigenvalue weighted by atomic mass is 10.1. The number of aromatic nitrogens is 2. The summed E-state index contributed by atoms with van der Waals surface area (Å²) < 4.78 is 5.66. The molecular weight excluding hydrogens is 302 g/mol. The Morgan fingerprint density at radius 2 is 1.92 bits per heavy atom. The molecule has 0 unspecified atom stereocenters. The Morgan fingerprint density at radius 1 is 1.12 bits per heavy atom. The molecule has 6 nitrogen and oxygen atoms in total. The van der Waals surface area contributed by atoms with Crippen molar-refractivity contribution in [2.24, 2.45) is 0 Å². The van der Waals surface area contributed by atoms with Crippen LogP contribution in [0.25, 0.3) is 0 Å². The first-order chi connectivity index (χ1) is 11.8. The number of piperazine rings is 1. The second-order valence-corrected chi connectivity index (χ2v) is 6.19. The fraction of sp³-hybridized carbons (Fsp3) is 0.389. The van der Waals surface area contributed by atoms with E-state index >= 15 is 0 Å². The standard InChI is InChI=1S/C18H19N5O/c19-10-15-11-20-18(21-12-15)23-6-4-22(5-7-23)13-14-1-2-16-3-8-24-17(16)9-14/h1-2,9,11-12H,3-8,13H2. The number of ether oxygens (including phenoxy) is 1. The molecule has 122 valence electrons. The molecule has 1 aromatic heterocycles. The molecule has 1 saturated heterocycles. The van der Waals surface area contributed by atoms with Gasteiger partial charge in [-0.3, -0.25) is 4.90 Å². The van der Waals surface area contributed by atoms with Crippen molar-refractivity contribution in [2.75, 3.05) is 37.7 Å². The van der Waals surface area contributed by atoms with Gasteiger partial charge in [0.15, 0.2) is 0 Å². The molecule has 0 saturated carbocycles. The van der Waals surface area contributed by atoms with E-state index in [2.05, 4.69) is 38.0 Å². The molecule has 0 aliphatic carbocycles. The number of benzene rings is 1. The number of nitriles is 1. The van der Waals surface area contributed by atoms with Gasteiger partial charge in [0.05, 0.1) is 24.6 Å².